The molecule has 1 amide bonds. The summed E-state index contributed by atoms with van der Waals surface area (Å²) in [5, 5.41) is 2.47. The predicted molar refractivity (Wildman–Crippen MR) is 204 cm³/mol. The Morgan fingerprint density at radius 1 is 0.840 bits per heavy atom. The van der Waals surface area contributed by atoms with Gasteiger partial charge in [0, 0.05) is 44.8 Å². The van der Waals surface area contributed by atoms with Crippen LogP contribution in [0.3, 0.4) is 0 Å². The van der Waals surface area contributed by atoms with E-state index in [-0.39, 0.29) is 22.5 Å². The Morgan fingerprint density at radius 3 is 2.02 bits per heavy atom. The molecule has 1 atom stereocenters. The lowest BCUT2D eigenvalue weighted by molar-refractivity contribution is 0.0199. The first kappa shape index (κ1) is 36.0. The van der Waals surface area contributed by atoms with Crippen LogP contribution in [0.1, 0.15) is 58.4 Å². The van der Waals surface area contributed by atoms with Crippen molar-refractivity contribution in [2.45, 2.75) is 77.7 Å². The quantitative estimate of drug-likeness (QED) is 0.149. The molecule has 0 bridgehead atoms. The molecule has 1 saturated heterocycles. The number of hydrogen-bond donors (Lipinski definition) is 0. The van der Waals surface area contributed by atoms with Crippen LogP contribution in [0.15, 0.2) is 91.0 Å². The Morgan fingerprint density at radius 2 is 1.44 bits per heavy atom. The minimum Gasteiger partial charge on any atom is -0.444 e. The van der Waals surface area contributed by atoms with Crippen molar-refractivity contribution in [2.75, 3.05) is 37.7 Å². The summed E-state index contributed by atoms with van der Waals surface area (Å²) in [6.07, 6.45) is 0.496. The van der Waals surface area contributed by atoms with Gasteiger partial charge in [-0.1, -0.05) is 112 Å². The lowest BCUT2D eigenvalue weighted by Gasteiger charge is -2.47. The van der Waals surface area contributed by atoms with Crippen LogP contribution < -0.4 is 15.3 Å². The summed E-state index contributed by atoms with van der Waals surface area (Å²) in [5.41, 5.74) is 2.76. The molecule has 3 aromatic carbocycles. The van der Waals surface area contributed by atoms with Gasteiger partial charge in [-0.15, -0.1) is 0 Å². The molecule has 0 N–H and O–H groups in total. The highest BCUT2D eigenvalue weighted by Crippen LogP contribution is 2.38. The molecule has 10 heteroatoms. The number of anilines is 1. The smallest absolute Gasteiger partial charge is 0.410 e. The standard InChI is InChI=1S/C40H50ClN5O3Si/c1-39(2,3)49-38(47)45-24-25-46(36-34-22-23-44(26-30-16-10-7-11-17-30)28-35(34)42-37(41)43-36)31(27-45)29-48-50(40(4,5)6,32-18-12-8-13-19-32)33-20-14-9-15-21-33/h7-21,31H,22-29H2,1-6H3/t31-/m0/s1. The molecular formula is C40H50ClN5O3Si. The highest BCUT2D eigenvalue weighted by molar-refractivity contribution is 6.99. The van der Waals surface area contributed by atoms with Crippen molar-refractivity contribution in [2.24, 2.45) is 0 Å². The topological polar surface area (TPSA) is 71.0 Å². The van der Waals surface area contributed by atoms with Crippen LogP contribution in [0.25, 0.3) is 0 Å². The Kier molecular flexibility index (Phi) is 10.7. The van der Waals surface area contributed by atoms with Crippen molar-refractivity contribution in [3.63, 3.8) is 0 Å². The van der Waals surface area contributed by atoms with Crippen molar-refractivity contribution in [3.05, 3.63) is 113 Å². The van der Waals surface area contributed by atoms with Gasteiger partial charge in [-0.3, -0.25) is 4.90 Å². The number of carbonyl (C=O) groups is 1. The summed E-state index contributed by atoms with van der Waals surface area (Å²) in [6, 6.07) is 31.7. The fraction of sp³-hybridized carbons (Fsp3) is 0.425. The lowest BCUT2D eigenvalue weighted by atomic mass is 10.0. The summed E-state index contributed by atoms with van der Waals surface area (Å²) in [4.78, 5) is 29.7. The third-order valence-electron chi connectivity index (χ3n) is 9.66. The number of benzene rings is 3. The van der Waals surface area contributed by atoms with Crippen LogP contribution in [0.5, 0.6) is 0 Å². The van der Waals surface area contributed by atoms with E-state index in [1.54, 1.807) is 0 Å². The van der Waals surface area contributed by atoms with Crippen LogP contribution in [-0.2, 0) is 28.7 Å². The van der Waals surface area contributed by atoms with E-state index >= 15 is 0 Å². The number of aromatic nitrogens is 2. The van der Waals surface area contributed by atoms with Crippen molar-refractivity contribution < 1.29 is 14.0 Å². The first-order valence-electron chi connectivity index (χ1n) is 17.7. The molecule has 0 saturated carbocycles. The fourth-order valence-corrected chi connectivity index (χ4v) is 12.2. The SMILES string of the molecule is CC(C)(C)OC(=O)N1CCN(c2nc(Cl)nc3c2CCN(Cc2ccccc2)C3)[C@H](CO[Si](c2ccccc2)(c2ccccc2)C(C)(C)C)C1. The van der Waals surface area contributed by atoms with Gasteiger partial charge in [0.1, 0.15) is 11.4 Å². The van der Waals surface area contributed by atoms with Crippen molar-refractivity contribution in [1.29, 1.82) is 0 Å². The summed E-state index contributed by atoms with van der Waals surface area (Å²) in [5.74, 6) is 0.847. The van der Waals surface area contributed by atoms with Gasteiger partial charge < -0.3 is 19.0 Å². The molecular weight excluding hydrogens is 662 g/mol. The highest BCUT2D eigenvalue weighted by Gasteiger charge is 2.51. The second-order valence-electron chi connectivity index (χ2n) is 15.4. The first-order valence-corrected chi connectivity index (χ1v) is 19.9. The minimum absolute atomic E-state index is 0.195. The van der Waals surface area contributed by atoms with Gasteiger partial charge in [-0.2, -0.15) is 0 Å². The van der Waals surface area contributed by atoms with E-state index in [0.29, 0.717) is 32.8 Å². The van der Waals surface area contributed by atoms with E-state index in [1.165, 1.54) is 15.9 Å². The van der Waals surface area contributed by atoms with Gasteiger partial charge in [-0.05, 0) is 59.8 Å². The Hall–Kier alpha value is -3.76. The molecule has 264 valence electrons. The maximum atomic E-state index is 13.5. The number of fused-ring (bicyclic) bond motifs is 1. The number of piperazine rings is 1. The fourth-order valence-electron chi connectivity index (χ4n) is 7.40. The first-order chi connectivity index (χ1) is 23.8. The van der Waals surface area contributed by atoms with Gasteiger partial charge in [0.15, 0.2) is 0 Å². The summed E-state index contributed by atoms with van der Waals surface area (Å²) >= 11 is 6.70. The molecule has 4 aromatic rings. The number of nitrogens with zero attached hydrogens (tertiary/aromatic N) is 5. The summed E-state index contributed by atoms with van der Waals surface area (Å²) in [7, 11) is -2.86. The third-order valence-corrected chi connectivity index (χ3v) is 14.8. The van der Waals surface area contributed by atoms with E-state index in [0.717, 1.165) is 36.6 Å². The number of carbonyl (C=O) groups excluding carboxylic acids is 1. The lowest BCUT2D eigenvalue weighted by Crippen LogP contribution is -2.68. The van der Waals surface area contributed by atoms with Crippen molar-refractivity contribution in [3.8, 4) is 0 Å². The zero-order chi connectivity index (χ0) is 35.5. The van der Waals surface area contributed by atoms with Gasteiger partial charge in [-0.25, -0.2) is 14.8 Å². The zero-order valence-electron chi connectivity index (χ0n) is 30.2. The van der Waals surface area contributed by atoms with E-state index in [9.17, 15) is 4.79 Å². The number of rotatable bonds is 8. The molecule has 1 aromatic heterocycles. The van der Waals surface area contributed by atoms with Crippen LogP contribution in [0.2, 0.25) is 10.3 Å². The van der Waals surface area contributed by atoms with E-state index < -0.39 is 13.9 Å². The molecule has 50 heavy (non-hydrogen) atoms. The van der Waals surface area contributed by atoms with Crippen molar-refractivity contribution in [1.82, 2.24) is 19.8 Å². The van der Waals surface area contributed by atoms with E-state index in [1.807, 2.05) is 31.7 Å². The van der Waals surface area contributed by atoms with Crippen LogP contribution in [-0.4, -0.2) is 78.6 Å². The van der Waals surface area contributed by atoms with Crippen LogP contribution in [0, 0.1) is 0 Å². The number of halogens is 1. The van der Waals surface area contributed by atoms with Gasteiger partial charge in [0.25, 0.3) is 8.32 Å². The molecule has 2 aliphatic heterocycles. The Bertz CT molecular complexity index is 1710. The third kappa shape index (κ3) is 7.91. The monoisotopic (exact) mass is 711 g/mol. The maximum absolute atomic E-state index is 13.5. The normalized spacial score (nSPS) is 17.4. The minimum atomic E-state index is -2.86. The second-order valence-corrected chi connectivity index (χ2v) is 20.1. The average molecular weight is 712 g/mol. The molecule has 3 heterocycles. The largest absolute Gasteiger partial charge is 0.444 e. The highest BCUT2D eigenvalue weighted by atomic mass is 35.5. The van der Waals surface area contributed by atoms with Crippen LogP contribution >= 0.6 is 11.6 Å². The van der Waals surface area contributed by atoms with Crippen molar-refractivity contribution >= 4 is 42.2 Å². The zero-order valence-corrected chi connectivity index (χ0v) is 32.0. The summed E-state index contributed by atoms with van der Waals surface area (Å²) < 4.78 is 13.3. The molecule has 1 fully saturated rings. The number of ether oxygens (including phenoxy) is 1. The van der Waals surface area contributed by atoms with E-state index in [4.69, 9.17) is 30.7 Å². The second kappa shape index (κ2) is 14.8. The molecule has 0 unspecified atom stereocenters. The van der Waals surface area contributed by atoms with Gasteiger partial charge in [0.2, 0.25) is 5.28 Å². The Labute approximate surface area is 303 Å². The van der Waals surface area contributed by atoms with Gasteiger partial charge in [0.05, 0.1) is 18.3 Å². The molecule has 0 aliphatic carbocycles. The Balaban J connectivity index is 1.36. The number of amides is 1. The predicted octanol–water partition coefficient (Wildman–Crippen LogP) is 6.69. The van der Waals surface area contributed by atoms with Gasteiger partial charge >= 0.3 is 6.09 Å². The average Bonchev–Trinajstić information content (AvgIpc) is 3.08. The maximum Gasteiger partial charge on any atom is 0.410 e. The molecule has 6 rings (SSSR count). The molecule has 0 radical (unpaired) electrons. The summed E-state index contributed by atoms with van der Waals surface area (Å²) in [6.45, 7) is 16.9. The molecule has 0 spiro atoms. The number of hydrogen-bond acceptors (Lipinski definition) is 7. The van der Waals surface area contributed by atoms with E-state index in [2.05, 4.69) is 116 Å². The molecule has 8 nitrogen and oxygen atoms in total. The molecule has 2 aliphatic rings. The van der Waals surface area contributed by atoms with Crippen LogP contribution in [0.4, 0.5) is 10.6 Å².